The summed E-state index contributed by atoms with van der Waals surface area (Å²) in [6.07, 6.45) is 1.38. The predicted molar refractivity (Wildman–Crippen MR) is 60.1 cm³/mol. The first-order valence-corrected chi connectivity index (χ1v) is 5.65. The van der Waals surface area contributed by atoms with Crippen molar-refractivity contribution in [1.82, 2.24) is 5.32 Å². The quantitative estimate of drug-likeness (QED) is 0.535. The van der Waals surface area contributed by atoms with Crippen LogP contribution in [0.1, 0.15) is 33.6 Å². The molecule has 5 heteroatoms. The van der Waals surface area contributed by atoms with Crippen molar-refractivity contribution in [3.63, 3.8) is 0 Å². The van der Waals surface area contributed by atoms with Gasteiger partial charge in [0.15, 0.2) is 0 Å². The number of nitrogens with one attached hydrogen (secondary N) is 1. The van der Waals surface area contributed by atoms with Crippen LogP contribution in [0.5, 0.6) is 0 Å². The average Bonchev–Trinajstić information content (AvgIpc) is 2.24. The average molecular weight is 231 g/mol. The molecule has 0 saturated heterocycles. The minimum absolute atomic E-state index is 0.142. The molecular formula is C11H21NO4. The number of hydrogen-bond donors (Lipinski definition) is 1. The molecule has 1 amide bonds. The van der Waals surface area contributed by atoms with Crippen LogP contribution in [-0.2, 0) is 14.3 Å². The minimum Gasteiger partial charge on any atom is -0.464 e. The second-order valence-corrected chi connectivity index (χ2v) is 3.74. The third-order valence-corrected chi connectivity index (χ3v) is 1.82. The fourth-order valence-corrected chi connectivity index (χ4v) is 0.832. The molecule has 0 aromatic heterocycles. The Morgan fingerprint density at radius 3 is 2.44 bits per heavy atom. The van der Waals surface area contributed by atoms with Crippen LogP contribution in [0.4, 0.5) is 4.79 Å². The standard InChI is InChI=1S/C11H21NO4/c1-4-5-7-16-11(14)12-6-8-15-10(13)9(2)3/h9H,4-8H2,1-3H3,(H,12,14). The molecule has 0 rings (SSSR count). The second kappa shape index (κ2) is 9.00. The van der Waals surface area contributed by atoms with Crippen LogP contribution in [0.15, 0.2) is 0 Å². The Morgan fingerprint density at radius 2 is 1.88 bits per heavy atom. The molecule has 0 aliphatic heterocycles. The van der Waals surface area contributed by atoms with Crippen LogP contribution in [-0.4, -0.2) is 31.8 Å². The lowest BCUT2D eigenvalue weighted by Gasteiger charge is -2.08. The molecule has 0 aromatic carbocycles. The van der Waals surface area contributed by atoms with E-state index in [1.54, 1.807) is 13.8 Å². The third-order valence-electron chi connectivity index (χ3n) is 1.82. The molecule has 0 aromatic rings. The highest BCUT2D eigenvalue weighted by molar-refractivity contribution is 5.71. The van der Waals surface area contributed by atoms with Gasteiger partial charge in [0.1, 0.15) is 6.61 Å². The first-order valence-electron chi connectivity index (χ1n) is 5.65. The van der Waals surface area contributed by atoms with E-state index in [1.807, 2.05) is 6.92 Å². The summed E-state index contributed by atoms with van der Waals surface area (Å²) in [6, 6.07) is 0. The van der Waals surface area contributed by atoms with Crippen molar-refractivity contribution in [3.05, 3.63) is 0 Å². The molecule has 0 fully saturated rings. The van der Waals surface area contributed by atoms with Crippen LogP contribution in [0.2, 0.25) is 0 Å². The summed E-state index contributed by atoms with van der Waals surface area (Å²) in [7, 11) is 0. The van der Waals surface area contributed by atoms with Gasteiger partial charge < -0.3 is 14.8 Å². The largest absolute Gasteiger partial charge is 0.464 e. The summed E-state index contributed by atoms with van der Waals surface area (Å²) >= 11 is 0. The van der Waals surface area contributed by atoms with Gasteiger partial charge in [-0.2, -0.15) is 0 Å². The van der Waals surface area contributed by atoms with Crippen molar-refractivity contribution >= 4 is 12.1 Å². The summed E-state index contributed by atoms with van der Waals surface area (Å²) < 4.78 is 9.72. The van der Waals surface area contributed by atoms with Gasteiger partial charge in [0, 0.05) is 0 Å². The van der Waals surface area contributed by atoms with Crippen LogP contribution < -0.4 is 5.32 Å². The van der Waals surface area contributed by atoms with Crippen molar-refractivity contribution in [2.75, 3.05) is 19.8 Å². The lowest BCUT2D eigenvalue weighted by molar-refractivity contribution is -0.147. The van der Waals surface area contributed by atoms with Crippen LogP contribution >= 0.6 is 0 Å². The molecule has 0 aliphatic rings. The first-order chi connectivity index (χ1) is 7.57. The Bertz CT molecular complexity index is 216. The maximum Gasteiger partial charge on any atom is 0.407 e. The SMILES string of the molecule is CCCCOC(=O)NCCOC(=O)C(C)C. The fourth-order valence-electron chi connectivity index (χ4n) is 0.832. The Morgan fingerprint density at radius 1 is 1.19 bits per heavy atom. The lowest BCUT2D eigenvalue weighted by atomic mass is 10.2. The summed E-state index contributed by atoms with van der Waals surface area (Å²) in [6.45, 7) is 6.42. The molecule has 0 heterocycles. The van der Waals surface area contributed by atoms with Crippen molar-refractivity contribution in [1.29, 1.82) is 0 Å². The topological polar surface area (TPSA) is 64.6 Å². The molecule has 0 bridgehead atoms. The van der Waals surface area contributed by atoms with Gasteiger partial charge in [-0.15, -0.1) is 0 Å². The van der Waals surface area contributed by atoms with Gasteiger partial charge in [-0.05, 0) is 6.42 Å². The number of alkyl carbamates (subject to hydrolysis) is 1. The number of carbonyl (C=O) groups excluding carboxylic acids is 2. The fraction of sp³-hybridized carbons (Fsp3) is 0.818. The van der Waals surface area contributed by atoms with Crippen molar-refractivity contribution < 1.29 is 19.1 Å². The van der Waals surface area contributed by atoms with Crippen LogP contribution in [0, 0.1) is 5.92 Å². The highest BCUT2D eigenvalue weighted by atomic mass is 16.6. The smallest absolute Gasteiger partial charge is 0.407 e. The summed E-state index contributed by atoms with van der Waals surface area (Å²) in [5, 5.41) is 2.50. The Hall–Kier alpha value is -1.26. The normalized spacial score (nSPS) is 10.0. The van der Waals surface area contributed by atoms with Crippen LogP contribution in [0.25, 0.3) is 0 Å². The van der Waals surface area contributed by atoms with Gasteiger partial charge in [-0.1, -0.05) is 27.2 Å². The number of rotatable bonds is 7. The Kier molecular flexibility index (Phi) is 8.29. The van der Waals surface area contributed by atoms with Crippen molar-refractivity contribution in [2.45, 2.75) is 33.6 Å². The van der Waals surface area contributed by atoms with Gasteiger partial charge in [0.25, 0.3) is 0 Å². The monoisotopic (exact) mass is 231 g/mol. The Balaban J connectivity index is 3.37. The highest BCUT2D eigenvalue weighted by Gasteiger charge is 2.07. The molecule has 5 nitrogen and oxygen atoms in total. The molecule has 0 saturated carbocycles. The molecule has 0 radical (unpaired) electrons. The van der Waals surface area contributed by atoms with Crippen molar-refractivity contribution in [3.8, 4) is 0 Å². The molecule has 1 N–H and O–H groups in total. The molecule has 0 unspecified atom stereocenters. The first kappa shape index (κ1) is 14.7. The zero-order valence-electron chi connectivity index (χ0n) is 10.2. The number of ether oxygens (including phenoxy) is 2. The highest BCUT2D eigenvalue weighted by Crippen LogP contribution is 1.94. The molecule has 0 atom stereocenters. The second-order valence-electron chi connectivity index (χ2n) is 3.74. The summed E-state index contributed by atoms with van der Waals surface area (Å²) in [5.41, 5.74) is 0. The Labute approximate surface area is 96.5 Å². The van der Waals surface area contributed by atoms with Gasteiger partial charge in [-0.25, -0.2) is 4.79 Å². The maximum absolute atomic E-state index is 11.0. The summed E-state index contributed by atoms with van der Waals surface area (Å²) in [5.74, 6) is -0.405. The molecular weight excluding hydrogens is 210 g/mol. The third kappa shape index (κ3) is 8.08. The number of esters is 1. The van der Waals surface area contributed by atoms with E-state index in [0.29, 0.717) is 6.61 Å². The zero-order chi connectivity index (χ0) is 12.4. The molecule has 94 valence electrons. The number of unbranched alkanes of at least 4 members (excludes halogenated alkanes) is 1. The zero-order valence-corrected chi connectivity index (χ0v) is 10.2. The number of amides is 1. The van der Waals surface area contributed by atoms with Gasteiger partial charge in [0.05, 0.1) is 19.1 Å². The van der Waals surface area contributed by atoms with E-state index < -0.39 is 6.09 Å². The predicted octanol–water partition coefficient (Wildman–Crippen LogP) is 1.71. The van der Waals surface area contributed by atoms with E-state index >= 15 is 0 Å². The summed E-state index contributed by atoms with van der Waals surface area (Å²) in [4.78, 5) is 22.1. The van der Waals surface area contributed by atoms with Gasteiger partial charge in [0.2, 0.25) is 0 Å². The van der Waals surface area contributed by atoms with E-state index in [0.717, 1.165) is 12.8 Å². The molecule has 16 heavy (non-hydrogen) atoms. The molecule has 0 spiro atoms. The van der Waals surface area contributed by atoms with E-state index in [1.165, 1.54) is 0 Å². The van der Waals surface area contributed by atoms with E-state index in [2.05, 4.69) is 5.32 Å². The van der Waals surface area contributed by atoms with E-state index in [9.17, 15) is 9.59 Å². The minimum atomic E-state index is -0.464. The number of carbonyl (C=O) groups is 2. The maximum atomic E-state index is 11.0. The van der Waals surface area contributed by atoms with Crippen LogP contribution in [0.3, 0.4) is 0 Å². The lowest BCUT2D eigenvalue weighted by Crippen LogP contribution is -2.29. The molecule has 0 aliphatic carbocycles. The van der Waals surface area contributed by atoms with Crippen molar-refractivity contribution in [2.24, 2.45) is 5.92 Å². The van der Waals surface area contributed by atoms with Gasteiger partial charge in [-0.3, -0.25) is 4.79 Å². The van der Waals surface area contributed by atoms with E-state index in [-0.39, 0.29) is 25.0 Å². The van der Waals surface area contributed by atoms with E-state index in [4.69, 9.17) is 9.47 Å². The number of hydrogen-bond acceptors (Lipinski definition) is 4. The van der Waals surface area contributed by atoms with Gasteiger partial charge >= 0.3 is 12.1 Å².